The molecule has 1 aromatic carbocycles. The molecule has 1 aromatic rings. The van der Waals surface area contributed by atoms with Gasteiger partial charge in [0.25, 0.3) is 0 Å². The zero-order chi connectivity index (χ0) is 12.8. The molecule has 0 spiro atoms. The lowest BCUT2D eigenvalue weighted by Crippen LogP contribution is -3.12. The first-order valence-electron chi connectivity index (χ1n) is 5.75. The van der Waals surface area contributed by atoms with Gasteiger partial charge in [0.05, 0.1) is 12.5 Å². The molecular formula is C13H18ClNO2. The molecule has 0 aliphatic carbocycles. The fourth-order valence-corrected chi connectivity index (χ4v) is 2.01. The molecule has 0 amide bonds. The lowest BCUT2D eigenvalue weighted by molar-refractivity contribution is -0.911. The van der Waals surface area contributed by atoms with Crippen molar-refractivity contribution in [3.05, 3.63) is 34.9 Å². The van der Waals surface area contributed by atoms with Crippen LogP contribution in [0, 0.1) is 5.92 Å². The van der Waals surface area contributed by atoms with Crippen LogP contribution in [-0.2, 0) is 11.3 Å². The molecule has 1 unspecified atom stereocenters. The van der Waals surface area contributed by atoms with Crippen molar-refractivity contribution in [2.45, 2.75) is 20.4 Å². The Labute approximate surface area is 107 Å². The van der Waals surface area contributed by atoms with Crippen LogP contribution in [0.4, 0.5) is 0 Å². The van der Waals surface area contributed by atoms with Crippen molar-refractivity contribution < 1.29 is 14.8 Å². The third-order valence-electron chi connectivity index (χ3n) is 2.46. The number of carboxylic acids is 1. The lowest BCUT2D eigenvalue weighted by atomic mass is 10.1. The zero-order valence-corrected chi connectivity index (χ0v) is 11.0. The minimum absolute atomic E-state index is 0.0425. The summed E-state index contributed by atoms with van der Waals surface area (Å²) in [6.07, 6.45) is 0. The van der Waals surface area contributed by atoms with Gasteiger partial charge in [-0.25, -0.2) is 0 Å². The van der Waals surface area contributed by atoms with Crippen LogP contribution in [0.2, 0.25) is 5.02 Å². The average molecular weight is 256 g/mol. The molecule has 0 aliphatic rings. The molecule has 17 heavy (non-hydrogen) atoms. The number of benzene rings is 1. The van der Waals surface area contributed by atoms with Gasteiger partial charge in [0.1, 0.15) is 13.1 Å². The normalized spacial score (nSPS) is 12.7. The van der Waals surface area contributed by atoms with Gasteiger partial charge in [-0.15, -0.1) is 0 Å². The second-order valence-corrected chi connectivity index (χ2v) is 5.14. The van der Waals surface area contributed by atoms with Gasteiger partial charge in [0.15, 0.2) is 0 Å². The van der Waals surface area contributed by atoms with E-state index in [4.69, 9.17) is 11.6 Å². The highest BCUT2D eigenvalue weighted by Crippen LogP contribution is 2.08. The molecule has 0 fully saturated rings. The number of carbonyl (C=O) groups excluding carboxylic acids is 1. The summed E-state index contributed by atoms with van der Waals surface area (Å²) in [7, 11) is 0. The third-order valence-corrected chi connectivity index (χ3v) is 2.71. The summed E-state index contributed by atoms with van der Waals surface area (Å²) in [5, 5.41) is 11.4. The van der Waals surface area contributed by atoms with Gasteiger partial charge in [-0.05, 0) is 12.1 Å². The van der Waals surface area contributed by atoms with E-state index < -0.39 is 5.97 Å². The van der Waals surface area contributed by atoms with Gasteiger partial charge < -0.3 is 14.8 Å². The molecule has 0 saturated carbocycles. The number of carbonyl (C=O) groups is 1. The Morgan fingerprint density at radius 2 is 1.94 bits per heavy atom. The molecule has 0 heterocycles. The number of hydrogen-bond acceptors (Lipinski definition) is 2. The predicted molar refractivity (Wildman–Crippen MR) is 65.7 cm³/mol. The Kier molecular flexibility index (Phi) is 5.45. The molecule has 0 aromatic heterocycles. The summed E-state index contributed by atoms with van der Waals surface area (Å²) in [5.41, 5.74) is 1.09. The number of aliphatic carboxylic acids is 1. The van der Waals surface area contributed by atoms with E-state index in [0.717, 1.165) is 17.0 Å². The van der Waals surface area contributed by atoms with Gasteiger partial charge >= 0.3 is 0 Å². The molecule has 1 N–H and O–H groups in total. The zero-order valence-electron chi connectivity index (χ0n) is 10.2. The van der Waals surface area contributed by atoms with E-state index in [1.54, 1.807) is 0 Å². The van der Waals surface area contributed by atoms with Gasteiger partial charge in [-0.1, -0.05) is 37.6 Å². The van der Waals surface area contributed by atoms with E-state index in [1.807, 2.05) is 24.3 Å². The number of halogens is 1. The Morgan fingerprint density at radius 3 is 2.41 bits per heavy atom. The molecule has 0 saturated heterocycles. The monoisotopic (exact) mass is 255 g/mol. The maximum Gasteiger partial charge on any atom is 0.118 e. The average Bonchev–Trinajstić information content (AvgIpc) is 2.19. The number of rotatable bonds is 6. The van der Waals surface area contributed by atoms with E-state index in [2.05, 4.69) is 13.8 Å². The summed E-state index contributed by atoms with van der Waals surface area (Å²) in [5.74, 6) is -0.550. The van der Waals surface area contributed by atoms with Crippen LogP contribution in [-0.4, -0.2) is 19.1 Å². The Balaban J connectivity index is 2.64. The number of quaternary nitrogens is 1. The highest BCUT2D eigenvalue weighted by Gasteiger charge is 2.12. The Morgan fingerprint density at radius 1 is 1.35 bits per heavy atom. The topological polar surface area (TPSA) is 44.6 Å². The van der Waals surface area contributed by atoms with Gasteiger partial charge in [-0.3, -0.25) is 0 Å². The van der Waals surface area contributed by atoms with Crippen molar-refractivity contribution in [2.24, 2.45) is 5.92 Å². The summed E-state index contributed by atoms with van der Waals surface area (Å²) < 4.78 is 0. The van der Waals surface area contributed by atoms with E-state index in [-0.39, 0.29) is 6.54 Å². The highest BCUT2D eigenvalue weighted by molar-refractivity contribution is 6.30. The third kappa shape index (κ3) is 5.71. The fourth-order valence-electron chi connectivity index (χ4n) is 1.88. The number of carboxylic acid groups (broad SMARTS) is 1. The van der Waals surface area contributed by atoms with Crippen molar-refractivity contribution in [3.8, 4) is 0 Å². The van der Waals surface area contributed by atoms with Crippen LogP contribution in [0.3, 0.4) is 0 Å². The Hall–Kier alpha value is -1.06. The van der Waals surface area contributed by atoms with Crippen LogP contribution in [0.15, 0.2) is 24.3 Å². The van der Waals surface area contributed by atoms with E-state index in [1.165, 1.54) is 0 Å². The van der Waals surface area contributed by atoms with Gasteiger partial charge in [0, 0.05) is 16.5 Å². The van der Waals surface area contributed by atoms with Crippen molar-refractivity contribution in [1.29, 1.82) is 0 Å². The summed E-state index contributed by atoms with van der Waals surface area (Å²) in [6.45, 7) is 5.70. The fraction of sp³-hybridized carbons (Fsp3) is 0.462. The molecule has 3 nitrogen and oxygen atoms in total. The summed E-state index contributed by atoms with van der Waals surface area (Å²) in [6, 6.07) is 7.50. The molecule has 94 valence electrons. The first-order valence-corrected chi connectivity index (χ1v) is 6.13. The van der Waals surface area contributed by atoms with Crippen molar-refractivity contribution in [2.75, 3.05) is 13.1 Å². The van der Waals surface area contributed by atoms with Crippen molar-refractivity contribution in [1.82, 2.24) is 0 Å². The minimum Gasteiger partial charge on any atom is -0.544 e. The van der Waals surface area contributed by atoms with Crippen LogP contribution >= 0.6 is 11.6 Å². The number of nitrogens with one attached hydrogen (secondary N) is 1. The lowest BCUT2D eigenvalue weighted by Gasteiger charge is -2.21. The Bertz CT molecular complexity index is 362. The first kappa shape index (κ1) is 14.0. The van der Waals surface area contributed by atoms with Crippen LogP contribution in [0.1, 0.15) is 19.4 Å². The molecular weight excluding hydrogens is 238 g/mol. The number of hydrogen-bond donors (Lipinski definition) is 1. The summed E-state index contributed by atoms with van der Waals surface area (Å²) in [4.78, 5) is 11.7. The minimum atomic E-state index is -1.00. The van der Waals surface area contributed by atoms with Crippen LogP contribution in [0.5, 0.6) is 0 Å². The smallest absolute Gasteiger partial charge is 0.118 e. The molecule has 0 aliphatic heterocycles. The standard InChI is InChI=1S/C13H18ClNO2/c1-10(2)7-15(9-13(16)17)8-11-3-5-12(14)6-4-11/h3-6,10H,7-9H2,1-2H3,(H,16,17). The largest absolute Gasteiger partial charge is 0.544 e. The molecule has 4 heteroatoms. The first-order chi connectivity index (χ1) is 7.97. The quantitative estimate of drug-likeness (QED) is 0.786. The van der Waals surface area contributed by atoms with E-state index in [0.29, 0.717) is 17.5 Å². The van der Waals surface area contributed by atoms with E-state index >= 15 is 0 Å². The molecule has 0 radical (unpaired) electrons. The maximum absolute atomic E-state index is 10.7. The molecule has 1 atom stereocenters. The van der Waals surface area contributed by atoms with Crippen LogP contribution < -0.4 is 10.0 Å². The van der Waals surface area contributed by atoms with Gasteiger partial charge in [0.2, 0.25) is 0 Å². The molecule has 0 bridgehead atoms. The molecule has 1 rings (SSSR count). The summed E-state index contributed by atoms with van der Waals surface area (Å²) >= 11 is 5.81. The predicted octanol–water partition coefficient (Wildman–Crippen LogP) is 0.131. The van der Waals surface area contributed by atoms with Gasteiger partial charge in [-0.2, -0.15) is 0 Å². The second-order valence-electron chi connectivity index (χ2n) is 4.70. The second kappa shape index (κ2) is 6.62. The van der Waals surface area contributed by atoms with Crippen molar-refractivity contribution >= 4 is 17.6 Å². The highest BCUT2D eigenvalue weighted by atomic mass is 35.5. The van der Waals surface area contributed by atoms with Crippen molar-refractivity contribution in [3.63, 3.8) is 0 Å². The maximum atomic E-state index is 10.7. The SMILES string of the molecule is CC(C)C[NH+](CC(=O)[O-])Cc1ccc(Cl)cc1. The van der Waals surface area contributed by atoms with E-state index in [9.17, 15) is 9.90 Å². The van der Waals surface area contributed by atoms with Crippen LogP contribution in [0.25, 0.3) is 0 Å².